The van der Waals surface area contributed by atoms with Gasteiger partial charge in [-0.1, -0.05) is 12.8 Å². The summed E-state index contributed by atoms with van der Waals surface area (Å²) in [4.78, 5) is 50.5. The molecule has 1 saturated heterocycles. The van der Waals surface area contributed by atoms with Crippen LogP contribution in [0.2, 0.25) is 0 Å². The van der Waals surface area contributed by atoms with Crippen LogP contribution in [0.5, 0.6) is 0 Å². The second kappa shape index (κ2) is 8.88. The first kappa shape index (κ1) is 21.2. The molecule has 1 atom stereocenters. The third-order valence-electron chi connectivity index (χ3n) is 5.79. The van der Waals surface area contributed by atoms with Gasteiger partial charge in [-0.05, 0) is 40.5 Å². The summed E-state index contributed by atoms with van der Waals surface area (Å²) in [6, 6.07) is -0.0733. The van der Waals surface area contributed by atoms with E-state index in [0.717, 1.165) is 25.7 Å². The van der Waals surface area contributed by atoms with Crippen molar-refractivity contribution in [1.29, 1.82) is 0 Å². The van der Waals surface area contributed by atoms with E-state index in [1.165, 1.54) is 0 Å². The van der Waals surface area contributed by atoms with E-state index in [1.54, 1.807) is 25.7 Å². The first-order valence-corrected chi connectivity index (χ1v) is 10.5. The molecule has 29 heavy (non-hydrogen) atoms. The van der Waals surface area contributed by atoms with E-state index in [2.05, 4.69) is 9.97 Å². The topological polar surface area (TPSA) is 92.7 Å². The van der Waals surface area contributed by atoms with Gasteiger partial charge in [-0.25, -0.2) is 14.8 Å². The Labute approximate surface area is 171 Å². The fourth-order valence-electron chi connectivity index (χ4n) is 4.34. The molecular weight excluding hydrogens is 372 g/mol. The quantitative estimate of drug-likeness (QED) is 0.717. The number of hydrogen-bond acceptors (Lipinski definition) is 6. The molecule has 8 nitrogen and oxygen atoms in total. The number of hydrogen-bond donors (Lipinski definition) is 0. The maximum Gasteiger partial charge on any atom is 0.342 e. The number of amides is 2. The van der Waals surface area contributed by atoms with Crippen molar-refractivity contribution in [2.45, 2.75) is 59.4 Å². The van der Waals surface area contributed by atoms with Gasteiger partial charge in [0.2, 0.25) is 5.91 Å². The minimum absolute atomic E-state index is 0.0733. The van der Waals surface area contributed by atoms with Crippen molar-refractivity contribution in [3.63, 3.8) is 0 Å². The van der Waals surface area contributed by atoms with Crippen LogP contribution in [0.1, 0.15) is 71.9 Å². The Bertz CT molecular complexity index is 804. The van der Waals surface area contributed by atoms with Crippen molar-refractivity contribution in [3.8, 4) is 0 Å². The molecule has 0 N–H and O–H groups in total. The number of piperazine rings is 1. The summed E-state index contributed by atoms with van der Waals surface area (Å²) in [5, 5.41) is 0. The summed E-state index contributed by atoms with van der Waals surface area (Å²) in [5.41, 5.74) is 0.637. The molecule has 0 bridgehead atoms. The highest BCUT2D eigenvalue weighted by molar-refractivity contribution is 6.04. The normalized spacial score (nSPS) is 20.1. The van der Waals surface area contributed by atoms with Gasteiger partial charge in [0.25, 0.3) is 5.91 Å². The first-order chi connectivity index (χ1) is 13.8. The number of carbonyl (C=O) groups is 3. The highest BCUT2D eigenvalue weighted by Gasteiger charge is 2.36. The maximum atomic E-state index is 13.2. The summed E-state index contributed by atoms with van der Waals surface area (Å²) in [6.07, 6.45) is 4.17. The van der Waals surface area contributed by atoms with Crippen LogP contribution in [0.3, 0.4) is 0 Å². The summed E-state index contributed by atoms with van der Waals surface area (Å²) >= 11 is 0. The van der Waals surface area contributed by atoms with E-state index in [4.69, 9.17) is 4.74 Å². The third-order valence-corrected chi connectivity index (χ3v) is 5.79. The van der Waals surface area contributed by atoms with Crippen LogP contribution in [0.15, 0.2) is 0 Å². The number of aromatic nitrogens is 2. The predicted octanol–water partition coefficient (Wildman–Crippen LogP) is 2.13. The Balaban J connectivity index is 1.78. The lowest BCUT2D eigenvalue weighted by Crippen LogP contribution is -2.56. The van der Waals surface area contributed by atoms with Gasteiger partial charge in [0.15, 0.2) is 0 Å². The molecule has 158 valence electrons. The van der Waals surface area contributed by atoms with Crippen LogP contribution in [0, 0.1) is 19.8 Å². The lowest BCUT2D eigenvalue weighted by Gasteiger charge is -2.41. The molecule has 2 aliphatic rings. The zero-order chi connectivity index (χ0) is 21.1. The van der Waals surface area contributed by atoms with E-state index in [0.29, 0.717) is 31.2 Å². The zero-order valence-electron chi connectivity index (χ0n) is 17.7. The molecule has 8 heteroatoms. The SMILES string of the molecule is CCOC(=O)c1c(C)nc(C)nc1C(=O)N1CCN(C(=O)C2CCCC2)C(C)C1. The van der Waals surface area contributed by atoms with Crippen LogP contribution in [0.25, 0.3) is 0 Å². The number of carbonyl (C=O) groups excluding carboxylic acids is 3. The average molecular weight is 402 g/mol. The summed E-state index contributed by atoms with van der Waals surface area (Å²) in [6.45, 7) is 8.60. The van der Waals surface area contributed by atoms with Gasteiger partial charge in [-0.3, -0.25) is 9.59 Å². The largest absolute Gasteiger partial charge is 0.462 e. The van der Waals surface area contributed by atoms with Gasteiger partial charge in [-0.15, -0.1) is 0 Å². The fraction of sp³-hybridized carbons (Fsp3) is 0.667. The van der Waals surface area contributed by atoms with E-state index in [9.17, 15) is 14.4 Å². The van der Waals surface area contributed by atoms with Crippen molar-refractivity contribution in [1.82, 2.24) is 19.8 Å². The standard InChI is InChI=1S/C21H30N4O4/c1-5-29-21(28)17-14(3)22-15(4)23-18(17)20(27)24-10-11-25(13(2)12-24)19(26)16-8-6-7-9-16/h13,16H,5-12H2,1-4H3. The minimum atomic E-state index is -0.587. The molecular formula is C21H30N4O4. The van der Waals surface area contributed by atoms with Crippen molar-refractivity contribution in [2.75, 3.05) is 26.2 Å². The molecule has 1 aliphatic heterocycles. The van der Waals surface area contributed by atoms with Crippen LogP contribution in [-0.4, -0.2) is 69.8 Å². The van der Waals surface area contributed by atoms with E-state index in [-0.39, 0.29) is 41.6 Å². The highest BCUT2D eigenvalue weighted by atomic mass is 16.5. The summed E-state index contributed by atoms with van der Waals surface area (Å²) in [7, 11) is 0. The monoisotopic (exact) mass is 402 g/mol. The summed E-state index contributed by atoms with van der Waals surface area (Å²) < 4.78 is 5.11. The highest BCUT2D eigenvalue weighted by Crippen LogP contribution is 2.28. The molecule has 3 rings (SSSR count). The average Bonchev–Trinajstić information content (AvgIpc) is 3.21. The molecule has 2 amide bonds. The third kappa shape index (κ3) is 4.41. The Hall–Kier alpha value is -2.51. The second-order valence-corrected chi connectivity index (χ2v) is 7.91. The van der Waals surface area contributed by atoms with E-state index >= 15 is 0 Å². The number of esters is 1. The first-order valence-electron chi connectivity index (χ1n) is 10.5. The number of ether oxygens (including phenoxy) is 1. The molecule has 0 radical (unpaired) electrons. The Morgan fingerprint density at radius 3 is 2.41 bits per heavy atom. The fourth-order valence-corrected chi connectivity index (χ4v) is 4.34. The Kier molecular flexibility index (Phi) is 6.49. The van der Waals surface area contributed by atoms with Gasteiger partial charge < -0.3 is 14.5 Å². The number of aryl methyl sites for hydroxylation is 2. The lowest BCUT2D eigenvalue weighted by atomic mass is 10.0. The summed E-state index contributed by atoms with van der Waals surface area (Å²) in [5.74, 6) is -0.134. The molecule has 0 aromatic carbocycles. The Morgan fingerprint density at radius 2 is 1.79 bits per heavy atom. The Morgan fingerprint density at radius 1 is 1.10 bits per heavy atom. The number of nitrogens with zero attached hydrogens (tertiary/aromatic N) is 4. The van der Waals surface area contributed by atoms with Crippen LogP contribution in [-0.2, 0) is 9.53 Å². The van der Waals surface area contributed by atoms with Gasteiger partial charge in [0.05, 0.1) is 12.3 Å². The van der Waals surface area contributed by atoms with Crippen LogP contribution >= 0.6 is 0 Å². The van der Waals surface area contributed by atoms with Crippen molar-refractivity contribution in [3.05, 3.63) is 22.8 Å². The van der Waals surface area contributed by atoms with Crippen molar-refractivity contribution >= 4 is 17.8 Å². The lowest BCUT2D eigenvalue weighted by molar-refractivity contribution is -0.139. The van der Waals surface area contributed by atoms with Crippen molar-refractivity contribution < 1.29 is 19.1 Å². The van der Waals surface area contributed by atoms with Crippen molar-refractivity contribution in [2.24, 2.45) is 5.92 Å². The second-order valence-electron chi connectivity index (χ2n) is 7.91. The van der Waals surface area contributed by atoms with E-state index in [1.807, 2.05) is 11.8 Å². The molecule has 1 unspecified atom stereocenters. The predicted molar refractivity (Wildman–Crippen MR) is 106 cm³/mol. The smallest absolute Gasteiger partial charge is 0.342 e. The minimum Gasteiger partial charge on any atom is -0.462 e. The molecule has 2 fully saturated rings. The van der Waals surface area contributed by atoms with Gasteiger partial charge in [0, 0.05) is 31.6 Å². The molecule has 1 aliphatic carbocycles. The van der Waals surface area contributed by atoms with Crippen LogP contribution in [0.4, 0.5) is 0 Å². The molecule has 1 saturated carbocycles. The van der Waals surface area contributed by atoms with Gasteiger partial charge in [-0.2, -0.15) is 0 Å². The number of rotatable bonds is 4. The molecule has 0 spiro atoms. The van der Waals surface area contributed by atoms with Gasteiger partial charge in [0.1, 0.15) is 17.1 Å². The van der Waals surface area contributed by atoms with Crippen LogP contribution < -0.4 is 0 Å². The maximum absolute atomic E-state index is 13.2. The van der Waals surface area contributed by atoms with E-state index < -0.39 is 5.97 Å². The molecule has 1 aromatic rings. The molecule has 1 aromatic heterocycles. The zero-order valence-corrected chi connectivity index (χ0v) is 17.7. The molecule has 2 heterocycles. The van der Waals surface area contributed by atoms with Gasteiger partial charge >= 0.3 is 5.97 Å².